The third-order valence-corrected chi connectivity index (χ3v) is 6.24. The lowest BCUT2D eigenvalue weighted by molar-refractivity contribution is -0.142. The third-order valence-electron chi connectivity index (χ3n) is 5.74. The van der Waals surface area contributed by atoms with Crippen molar-refractivity contribution < 1.29 is 14.3 Å². The van der Waals surface area contributed by atoms with E-state index in [0.29, 0.717) is 25.3 Å². The molecule has 3 aromatic rings. The van der Waals surface area contributed by atoms with Crippen molar-refractivity contribution in [1.29, 1.82) is 0 Å². The number of ether oxygens (including phenoxy) is 1. The average Bonchev–Trinajstić information content (AvgIpc) is 2.84. The van der Waals surface area contributed by atoms with Crippen LogP contribution in [-0.2, 0) is 22.6 Å². The van der Waals surface area contributed by atoms with Gasteiger partial charge in [0.1, 0.15) is 11.8 Å². The van der Waals surface area contributed by atoms with Crippen molar-refractivity contribution in [2.45, 2.75) is 46.2 Å². The van der Waals surface area contributed by atoms with Crippen molar-refractivity contribution in [3.8, 4) is 5.75 Å². The first kappa shape index (κ1) is 26.5. The molecule has 0 radical (unpaired) electrons. The first-order chi connectivity index (χ1) is 16.9. The van der Waals surface area contributed by atoms with Gasteiger partial charge in [-0.2, -0.15) is 0 Å². The van der Waals surface area contributed by atoms with Crippen LogP contribution >= 0.6 is 15.9 Å². The molecule has 0 spiro atoms. The van der Waals surface area contributed by atoms with Crippen LogP contribution in [0.25, 0.3) is 0 Å². The zero-order valence-corrected chi connectivity index (χ0v) is 22.2. The van der Waals surface area contributed by atoms with Gasteiger partial charge in [0.05, 0.1) is 0 Å². The van der Waals surface area contributed by atoms with Crippen LogP contribution in [0.1, 0.15) is 35.6 Å². The monoisotopic (exact) mass is 536 g/mol. The van der Waals surface area contributed by atoms with Crippen molar-refractivity contribution in [3.05, 3.63) is 99.5 Å². The zero-order chi connectivity index (χ0) is 25.2. The van der Waals surface area contributed by atoms with Crippen LogP contribution in [-0.4, -0.2) is 35.9 Å². The highest BCUT2D eigenvalue weighted by Crippen LogP contribution is 2.21. The van der Waals surface area contributed by atoms with E-state index in [2.05, 4.69) is 21.2 Å². The van der Waals surface area contributed by atoms with Crippen LogP contribution in [0.2, 0.25) is 0 Å². The molecule has 6 heteroatoms. The zero-order valence-electron chi connectivity index (χ0n) is 20.6. The summed E-state index contributed by atoms with van der Waals surface area (Å²) in [6, 6.07) is 22.8. The van der Waals surface area contributed by atoms with E-state index in [9.17, 15) is 9.59 Å². The van der Waals surface area contributed by atoms with Gasteiger partial charge in [0.25, 0.3) is 5.91 Å². The van der Waals surface area contributed by atoms with Gasteiger partial charge in [-0.15, -0.1) is 0 Å². The van der Waals surface area contributed by atoms with E-state index >= 15 is 0 Å². The Morgan fingerprint density at radius 3 is 2.40 bits per heavy atom. The van der Waals surface area contributed by atoms with E-state index in [1.165, 1.54) is 0 Å². The fourth-order valence-corrected chi connectivity index (χ4v) is 4.38. The molecule has 0 aliphatic carbocycles. The number of hydrogen-bond donors (Lipinski definition) is 1. The molecule has 0 fully saturated rings. The van der Waals surface area contributed by atoms with E-state index < -0.39 is 6.04 Å². The van der Waals surface area contributed by atoms with Crippen LogP contribution < -0.4 is 10.1 Å². The third kappa shape index (κ3) is 7.96. The summed E-state index contributed by atoms with van der Waals surface area (Å²) >= 11 is 3.51. The maximum atomic E-state index is 13.6. The smallest absolute Gasteiger partial charge is 0.261 e. The maximum Gasteiger partial charge on any atom is 0.261 e. The lowest BCUT2D eigenvalue weighted by atomic mass is 10.0. The van der Waals surface area contributed by atoms with Crippen molar-refractivity contribution >= 4 is 27.7 Å². The first-order valence-electron chi connectivity index (χ1n) is 11.9. The Labute approximate surface area is 216 Å². The Balaban J connectivity index is 1.90. The Bertz CT molecular complexity index is 1130. The number of halogens is 1. The summed E-state index contributed by atoms with van der Waals surface area (Å²) in [4.78, 5) is 28.6. The predicted molar refractivity (Wildman–Crippen MR) is 143 cm³/mol. The van der Waals surface area contributed by atoms with E-state index in [1.807, 2.05) is 93.6 Å². The van der Waals surface area contributed by atoms with Gasteiger partial charge in [-0.1, -0.05) is 83.0 Å². The fourth-order valence-electron chi connectivity index (χ4n) is 3.94. The molecule has 3 rings (SSSR count). The van der Waals surface area contributed by atoms with E-state index in [4.69, 9.17) is 4.74 Å². The molecule has 2 amide bonds. The van der Waals surface area contributed by atoms with Gasteiger partial charge in [0.2, 0.25) is 5.91 Å². The summed E-state index contributed by atoms with van der Waals surface area (Å²) in [5.74, 6) is 0.268. The molecule has 35 heavy (non-hydrogen) atoms. The second kappa shape index (κ2) is 13.1. The minimum absolute atomic E-state index is 0.149. The van der Waals surface area contributed by atoms with Crippen molar-refractivity contribution in [1.82, 2.24) is 10.2 Å². The van der Waals surface area contributed by atoms with Gasteiger partial charge in [0.15, 0.2) is 6.61 Å². The molecule has 0 aliphatic heterocycles. The molecular weight excluding hydrogens is 504 g/mol. The molecule has 184 valence electrons. The number of benzene rings is 3. The van der Waals surface area contributed by atoms with Gasteiger partial charge in [-0.05, 0) is 55.2 Å². The van der Waals surface area contributed by atoms with Crippen LogP contribution in [0, 0.1) is 13.8 Å². The molecule has 0 bridgehead atoms. The SMILES string of the molecule is CCCNC(=O)[C@@H](Cc1ccccc1)N(Cc1cccc(Br)c1)C(=O)COc1ccc(C)cc1C. The summed E-state index contributed by atoms with van der Waals surface area (Å²) in [7, 11) is 0. The number of carbonyl (C=O) groups is 2. The number of carbonyl (C=O) groups excluding carboxylic acids is 2. The lowest BCUT2D eigenvalue weighted by Gasteiger charge is -2.31. The Morgan fingerprint density at radius 1 is 0.971 bits per heavy atom. The van der Waals surface area contributed by atoms with Gasteiger partial charge in [-0.25, -0.2) is 0 Å². The van der Waals surface area contributed by atoms with Crippen LogP contribution in [0.4, 0.5) is 0 Å². The lowest BCUT2D eigenvalue weighted by Crippen LogP contribution is -2.51. The van der Waals surface area contributed by atoms with Crippen LogP contribution in [0.15, 0.2) is 77.3 Å². The van der Waals surface area contributed by atoms with E-state index in [1.54, 1.807) is 4.90 Å². The number of aryl methyl sites for hydroxylation is 2. The number of hydrogen-bond acceptors (Lipinski definition) is 3. The molecule has 0 aromatic heterocycles. The summed E-state index contributed by atoms with van der Waals surface area (Å²) < 4.78 is 6.85. The molecule has 0 unspecified atom stereocenters. The number of amides is 2. The largest absolute Gasteiger partial charge is 0.483 e. The minimum atomic E-state index is -0.668. The van der Waals surface area contributed by atoms with Gasteiger partial charge >= 0.3 is 0 Å². The van der Waals surface area contributed by atoms with Gasteiger partial charge in [0, 0.05) is 24.0 Å². The summed E-state index contributed by atoms with van der Waals surface area (Å²) in [5, 5.41) is 2.99. The van der Waals surface area contributed by atoms with Crippen molar-refractivity contribution in [2.75, 3.05) is 13.2 Å². The Hall–Kier alpha value is -3.12. The second-order valence-corrected chi connectivity index (χ2v) is 9.62. The van der Waals surface area contributed by atoms with Crippen LogP contribution in [0.3, 0.4) is 0 Å². The molecule has 1 atom stereocenters. The molecule has 1 N–H and O–H groups in total. The quantitative estimate of drug-likeness (QED) is 0.346. The van der Waals surface area contributed by atoms with Crippen molar-refractivity contribution in [2.24, 2.45) is 0 Å². The van der Waals surface area contributed by atoms with Crippen molar-refractivity contribution in [3.63, 3.8) is 0 Å². The fraction of sp³-hybridized carbons (Fsp3) is 0.310. The second-order valence-electron chi connectivity index (χ2n) is 8.71. The first-order valence-corrected chi connectivity index (χ1v) is 12.7. The number of nitrogens with zero attached hydrogens (tertiary/aromatic N) is 1. The normalized spacial score (nSPS) is 11.5. The molecule has 5 nitrogen and oxygen atoms in total. The Kier molecular flexibility index (Phi) is 9.91. The van der Waals surface area contributed by atoms with Gasteiger partial charge < -0.3 is 15.0 Å². The van der Waals surface area contributed by atoms with Gasteiger partial charge in [-0.3, -0.25) is 9.59 Å². The number of nitrogens with one attached hydrogen (secondary N) is 1. The predicted octanol–water partition coefficient (Wildman–Crippen LogP) is 5.61. The highest BCUT2D eigenvalue weighted by Gasteiger charge is 2.30. The van der Waals surface area contributed by atoms with E-state index in [0.717, 1.165) is 33.1 Å². The standard InChI is InChI=1S/C29H33BrN2O3/c1-4-15-31-29(34)26(18-23-9-6-5-7-10-23)32(19-24-11-8-12-25(30)17-24)28(33)20-35-27-14-13-21(2)16-22(27)3/h5-14,16-17,26H,4,15,18-20H2,1-3H3,(H,31,34)/t26-/m1/s1. The number of rotatable bonds is 11. The molecule has 0 saturated carbocycles. The average molecular weight is 537 g/mol. The highest BCUT2D eigenvalue weighted by atomic mass is 79.9. The molecule has 0 aliphatic rings. The highest BCUT2D eigenvalue weighted by molar-refractivity contribution is 9.10. The Morgan fingerprint density at radius 2 is 1.71 bits per heavy atom. The summed E-state index contributed by atoms with van der Waals surface area (Å²) in [5.41, 5.74) is 4.03. The maximum absolute atomic E-state index is 13.6. The molecule has 0 saturated heterocycles. The molecular formula is C29H33BrN2O3. The topological polar surface area (TPSA) is 58.6 Å². The summed E-state index contributed by atoms with van der Waals surface area (Å²) in [6.07, 6.45) is 1.23. The van der Waals surface area contributed by atoms with Crippen LogP contribution in [0.5, 0.6) is 5.75 Å². The molecule has 0 heterocycles. The minimum Gasteiger partial charge on any atom is -0.483 e. The summed E-state index contributed by atoms with van der Waals surface area (Å²) in [6.45, 7) is 6.69. The molecule has 3 aromatic carbocycles. The van der Waals surface area contributed by atoms with E-state index in [-0.39, 0.29) is 18.4 Å².